The lowest BCUT2D eigenvalue weighted by Crippen LogP contribution is -2.07. The minimum absolute atomic E-state index is 0.371. The van der Waals surface area contributed by atoms with Crippen LogP contribution in [-0.4, -0.2) is 30.2 Å². The first-order chi connectivity index (χ1) is 8.65. The monoisotopic (exact) mass is 251 g/mol. The van der Waals surface area contributed by atoms with E-state index in [-0.39, 0.29) is 0 Å². The van der Waals surface area contributed by atoms with E-state index in [1.807, 2.05) is 13.8 Å². The van der Waals surface area contributed by atoms with Crippen molar-refractivity contribution in [3.63, 3.8) is 0 Å². The quantitative estimate of drug-likeness (QED) is 0.719. The minimum atomic E-state index is 0.371. The van der Waals surface area contributed by atoms with Gasteiger partial charge in [-0.3, -0.25) is 0 Å². The van der Waals surface area contributed by atoms with E-state index in [1.54, 1.807) is 13.2 Å². The first kappa shape index (κ1) is 14.4. The predicted molar refractivity (Wildman–Crippen MR) is 71.8 cm³/mol. The molecule has 18 heavy (non-hydrogen) atoms. The SMILES string of the molecule is C=C(C)CCOc1cc(NCC)nc(COC)n1. The molecule has 0 saturated carbocycles. The van der Waals surface area contributed by atoms with Gasteiger partial charge in [-0.15, -0.1) is 6.58 Å². The summed E-state index contributed by atoms with van der Waals surface area (Å²) in [6, 6.07) is 1.79. The summed E-state index contributed by atoms with van der Waals surface area (Å²) in [5.41, 5.74) is 1.09. The van der Waals surface area contributed by atoms with Crippen molar-refractivity contribution in [3.8, 4) is 5.88 Å². The van der Waals surface area contributed by atoms with Gasteiger partial charge < -0.3 is 14.8 Å². The second-order valence-corrected chi connectivity index (χ2v) is 4.03. The third-order valence-corrected chi connectivity index (χ3v) is 2.16. The number of nitrogens with zero attached hydrogens (tertiary/aromatic N) is 2. The smallest absolute Gasteiger partial charge is 0.218 e. The second-order valence-electron chi connectivity index (χ2n) is 4.03. The summed E-state index contributed by atoms with van der Waals surface area (Å²) >= 11 is 0. The molecule has 0 fully saturated rings. The highest BCUT2D eigenvalue weighted by Gasteiger charge is 2.05. The van der Waals surface area contributed by atoms with Gasteiger partial charge >= 0.3 is 0 Å². The zero-order chi connectivity index (χ0) is 13.4. The molecule has 0 aliphatic heterocycles. The van der Waals surface area contributed by atoms with Gasteiger partial charge in [0.25, 0.3) is 0 Å². The van der Waals surface area contributed by atoms with Crippen molar-refractivity contribution in [2.45, 2.75) is 26.9 Å². The Hall–Kier alpha value is -1.62. The summed E-state index contributed by atoms with van der Waals surface area (Å²) in [5.74, 6) is 1.93. The predicted octanol–water partition coefficient (Wildman–Crippen LogP) is 2.40. The number of methoxy groups -OCH3 is 1. The molecule has 0 radical (unpaired) electrons. The van der Waals surface area contributed by atoms with Gasteiger partial charge in [-0.1, -0.05) is 5.57 Å². The molecule has 1 heterocycles. The maximum Gasteiger partial charge on any atom is 0.218 e. The van der Waals surface area contributed by atoms with Crippen molar-refractivity contribution in [3.05, 3.63) is 24.0 Å². The van der Waals surface area contributed by atoms with E-state index in [2.05, 4.69) is 21.9 Å². The lowest BCUT2D eigenvalue weighted by atomic mass is 10.3. The molecular formula is C13H21N3O2. The zero-order valence-electron chi connectivity index (χ0n) is 11.3. The molecule has 0 atom stereocenters. The number of hydrogen-bond donors (Lipinski definition) is 1. The Kier molecular flexibility index (Phi) is 6.14. The van der Waals surface area contributed by atoms with Gasteiger partial charge in [0.2, 0.25) is 5.88 Å². The van der Waals surface area contributed by atoms with Crippen molar-refractivity contribution < 1.29 is 9.47 Å². The number of anilines is 1. The summed E-state index contributed by atoms with van der Waals surface area (Å²) < 4.78 is 10.6. The molecule has 100 valence electrons. The van der Waals surface area contributed by atoms with E-state index in [0.29, 0.717) is 24.9 Å². The van der Waals surface area contributed by atoms with Gasteiger partial charge in [-0.25, -0.2) is 4.98 Å². The largest absolute Gasteiger partial charge is 0.477 e. The van der Waals surface area contributed by atoms with Crippen LogP contribution in [0.1, 0.15) is 26.1 Å². The van der Waals surface area contributed by atoms with E-state index in [0.717, 1.165) is 24.4 Å². The number of ether oxygens (including phenoxy) is 2. The molecule has 0 bridgehead atoms. The molecule has 0 aliphatic rings. The van der Waals surface area contributed by atoms with Crippen molar-refractivity contribution in [1.82, 2.24) is 9.97 Å². The molecule has 1 aromatic rings. The second kappa shape index (κ2) is 7.66. The molecule has 1 rings (SSSR count). The number of rotatable bonds is 8. The average Bonchev–Trinajstić information content (AvgIpc) is 2.29. The van der Waals surface area contributed by atoms with Crippen molar-refractivity contribution in [1.29, 1.82) is 0 Å². The van der Waals surface area contributed by atoms with Crippen LogP contribution in [0.4, 0.5) is 5.82 Å². The van der Waals surface area contributed by atoms with Gasteiger partial charge in [-0.2, -0.15) is 4.98 Å². The van der Waals surface area contributed by atoms with E-state index < -0.39 is 0 Å². The molecular weight excluding hydrogens is 230 g/mol. The number of hydrogen-bond acceptors (Lipinski definition) is 5. The Bertz CT molecular complexity index is 370. The zero-order valence-corrected chi connectivity index (χ0v) is 11.3. The van der Waals surface area contributed by atoms with Crippen LogP contribution in [-0.2, 0) is 11.3 Å². The van der Waals surface area contributed by atoms with Gasteiger partial charge in [0.05, 0.1) is 6.61 Å². The van der Waals surface area contributed by atoms with Gasteiger partial charge in [0.15, 0.2) is 5.82 Å². The van der Waals surface area contributed by atoms with Crippen LogP contribution in [0.5, 0.6) is 5.88 Å². The van der Waals surface area contributed by atoms with Crippen LogP contribution >= 0.6 is 0 Å². The Morgan fingerprint density at radius 2 is 2.22 bits per heavy atom. The highest BCUT2D eigenvalue weighted by Crippen LogP contribution is 2.14. The summed E-state index contributed by atoms with van der Waals surface area (Å²) in [4.78, 5) is 8.59. The molecule has 5 nitrogen and oxygen atoms in total. The Morgan fingerprint density at radius 1 is 1.44 bits per heavy atom. The van der Waals surface area contributed by atoms with Crippen molar-refractivity contribution in [2.75, 3.05) is 25.6 Å². The fraction of sp³-hybridized carbons (Fsp3) is 0.538. The molecule has 1 aromatic heterocycles. The normalized spacial score (nSPS) is 10.2. The molecule has 0 saturated heterocycles. The third kappa shape index (κ3) is 5.14. The average molecular weight is 251 g/mol. The lowest BCUT2D eigenvalue weighted by Gasteiger charge is -2.09. The van der Waals surface area contributed by atoms with Gasteiger partial charge in [0, 0.05) is 26.1 Å². The fourth-order valence-corrected chi connectivity index (χ4v) is 1.34. The van der Waals surface area contributed by atoms with Crippen LogP contribution in [0.15, 0.2) is 18.2 Å². The van der Waals surface area contributed by atoms with Crippen LogP contribution in [0, 0.1) is 0 Å². The lowest BCUT2D eigenvalue weighted by molar-refractivity contribution is 0.176. The molecule has 0 amide bonds. The summed E-state index contributed by atoms with van der Waals surface area (Å²) in [5, 5.41) is 3.14. The van der Waals surface area contributed by atoms with Crippen molar-refractivity contribution >= 4 is 5.82 Å². The molecule has 0 aromatic carbocycles. The fourth-order valence-electron chi connectivity index (χ4n) is 1.34. The van der Waals surface area contributed by atoms with Crippen LogP contribution in [0.3, 0.4) is 0 Å². The Labute approximate surface area is 108 Å². The molecule has 0 spiro atoms. The van der Waals surface area contributed by atoms with Crippen LogP contribution in [0.2, 0.25) is 0 Å². The summed E-state index contributed by atoms with van der Waals surface area (Å²) in [7, 11) is 1.62. The first-order valence-corrected chi connectivity index (χ1v) is 6.03. The minimum Gasteiger partial charge on any atom is -0.477 e. The maximum absolute atomic E-state index is 5.58. The molecule has 0 aliphatic carbocycles. The van der Waals surface area contributed by atoms with E-state index in [4.69, 9.17) is 9.47 Å². The third-order valence-electron chi connectivity index (χ3n) is 2.16. The molecule has 1 N–H and O–H groups in total. The first-order valence-electron chi connectivity index (χ1n) is 6.03. The topological polar surface area (TPSA) is 56.3 Å². The summed E-state index contributed by atoms with van der Waals surface area (Å²) in [6.07, 6.45) is 0.820. The Morgan fingerprint density at radius 3 is 2.83 bits per heavy atom. The molecule has 0 unspecified atom stereocenters. The molecule has 5 heteroatoms. The highest BCUT2D eigenvalue weighted by atomic mass is 16.5. The van der Waals surface area contributed by atoms with E-state index >= 15 is 0 Å². The standard InChI is InChI=1S/C13H21N3O2/c1-5-14-11-8-13(18-7-6-10(2)3)16-12(15-11)9-17-4/h8H,2,5-7,9H2,1,3-4H3,(H,14,15,16). The summed E-state index contributed by atoms with van der Waals surface area (Å²) in [6.45, 7) is 9.57. The Balaban J connectivity index is 2.71. The van der Waals surface area contributed by atoms with E-state index in [1.165, 1.54) is 0 Å². The van der Waals surface area contributed by atoms with Crippen LogP contribution in [0.25, 0.3) is 0 Å². The van der Waals surface area contributed by atoms with E-state index in [9.17, 15) is 0 Å². The van der Waals surface area contributed by atoms with Crippen LogP contribution < -0.4 is 10.1 Å². The number of aromatic nitrogens is 2. The highest BCUT2D eigenvalue weighted by molar-refractivity contribution is 5.38. The number of nitrogens with one attached hydrogen (secondary N) is 1. The van der Waals surface area contributed by atoms with Gasteiger partial charge in [0.1, 0.15) is 12.4 Å². The maximum atomic E-state index is 5.58. The van der Waals surface area contributed by atoms with Gasteiger partial charge in [-0.05, 0) is 13.8 Å². The van der Waals surface area contributed by atoms with Crippen molar-refractivity contribution in [2.24, 2.45) is 0 Å².